The summed E-state index contributed by atoms with van der Waals surface area (Å²) in [5.74, 6) is -0.0677. The zero-order valence-corrected chi connectivity index (χ0v) is 12.6. The normalized spacial score (nSPS) is 23.0. The van der Waals surface area contributed by atoms with Crippen molar-refractivity contribution in [1.82, 2.24) is 9.88 Å². The lowest BCUT2D eigenvalue weighted by Crippen LogP contribution is -2.43. The molecule has 1 spiro atoms. The molecule has 3 aliphatic rings. The predicted molar refractivity (Wildman–Crippen MR) is 82.6 cm³/mol. The number of aromatic nitrogens is 1. The third-order valence-electron chi connectivity index (χ3n) is 5.65. The summed E-state index contributed by atoms with van der Waals surface area (Å²) in [6.07, 6.45) is 8.44. The Morgan fingerprint density at radius 3 is 2.64 bits per heavy atom. The van der Waals surface area contributed by atoms with Crippen molar-refractivity contribution < 1.29 is 4.79 Å². The van der Waals surface area contributed by atoms with Gasteiger partial charge in [0.1, 0.15) is 11.6 Å². The number of rotatable bonds is 1. The molecule has 4 heteroatoms. The van der Waals surface area contributed by atoms with Gasteiger partial charge >= 0.3 is 0 Å². The van der Waals surface area contributed by atoms with Gasteiger partial charge in [0.25, 0.3) is 0 Å². The van der Waals surface area contributed by atoms with Crippen LogP contribution in [0.1, 0.15) is 43.4 Å². The number of likely N-dealkylation sites (tertiary alicyclic amines) is 1. The number of pyridine rings is 1. The van der Waals surface area contributed by atoms with E-state index in [1.807, 2.05) is 12.1 Å². The van der Waals surface area contributed by atoms with E-state index in [0.29, 0.717) is 17.4 Å². The molecule has 0 radical (unpaired) electrons. The molecule has 1 saturated heterocycles. The molecule has 2 heterocycles. The van der Waals surface area contributed by atoms with E-state index in [2.05, 4.69) is 16.0 Å². The van der Waals surface area contributed by atoms with Gasteiger partial charge in [-0.1, -0.05) is 12.5 Å². The standard InChI is InChI=1S/C18H19N3O/c19-12-14-15(22)11-13-3-1-8-20-16(13)17(14)21-9-6-18(7-10-21)4-2-5-18/h1,3,8H,2,4-7,9-11H2. The Kier molecular flexibility index (Phi) is 3.04. The van der Waals surface area contributed by atoms with Crippen molar-refractivity contribution >= 4 is 11.5 Å². The lowest BCUT2D eigenvalue weighted by atomic mass is 9.63. The minimum absolute atomic E-state index is 0.0677. The number of hydrogen-bond donors (Lipinski definition) is 0. The third kappa shape index (κ3) is 1.96. The van der Waals surface area contributed by atoms with Crippen molar-refractivity contribution in [3.05, 3.63) is 35.2 Å². The molecule has 22 heavy (non-hydrogen) atoms. The first-order chi connectivity index (χ1) is 10.7. The van der Waals surface area contributed by atoms with Gasteiger partial charge < -0.3 is 4.90 Å². The molecular weight excluding hydrogens is 274 g/mol. The molecule has 4 rings (SSSR count). The molecular formula is C18H19N3O. The van der Waals surface area contributed by atoms with E-state index < -0.39 is 0 Å². The SMILES string of the molecule is N#CC1=C(N2CCC3(CCC3)CC2)c2ncccc2CC1=O. The number of carbonyl (C=O) groups excluding carboxylic acids is 1. The van der Waals surface area contributed by atoms with E-state index in [4.69, 9.17) is 0 Å². The van der Waals surface area contributed by atoms with Gasteiger partial charge in [0.15, 0.2) is 5.78 Å². The second-order valence-electron chi connectivity index (χ2n) is 6.79. The molecule has 0 bridgehead atoms. The van der Waals surface area contributed by atoms with Crippen molar-refractivity contribution in [1.29, 1.82) is 5.26 Å². The first kappa shape index (κ1) is 13.5. The molecule has 1 aliphatic heterocycles. The number of piperidine rings is 1. The van der Waals surface area contributed by atoms with E-state index in [1.54, 1.807) is 6.20 Å². The molecule has 4 nitrogen and oxygen atoms in total. The largest absolute Gasteiger partial charge is 0.369 e. The number of Topliss-reactive ketones (excluding diaryl/α,β-unsaturated/α-hetero) is 1. The molecule has 1 aromatic heterocycles. The first-order valence-electron chi connectivity index (χ1n) is 8.09. The van der Waals surface area contributed by atoms with E-state index in [-0.39, 0.29) is 5.78 Å². The van der Waals surface area contributed by atoms with E-state index in [1.165, 1.54) is 32.1 Å². The molecule has 0 unspecified atom stereocenters. The average molecular weight is 293 g/mol. The highest BCUT2D eigenvalue weighted by molar-refractivity contribution is 6.09. The summed E-state index contributed by atoms with van der Waals surface area (Å²) < 4.78 is 0. The number of hydrogen-bond acceptors (Lipinski definition) is 4. The number of nitriles is 1. The molecule has 112 valence electrons. The van der Waals surface area contributed by atoms with E-state index >= 15 is 0 Å². The quantitative estimate of drug-likeness (QED) is 0.799. The highest BCUT2D eigenvalue weighted by Crippen LogP contribution is 2.50. The monoisotopic (exact) mass is 293 g/mol. The molecule has 0 amide bonds. The van der Waals surface area contributed by atoms with Crippen molar-refractivity contribution in [2.45, 2.75) is 38.5 Å². The summed E-state index contributed by atoms with van der Waals surface area (Å²) >= 11 is 0. The highest BCUT2D eigenvalue weighted by atomic mass is 16.1. The fraction of sp³-hybridized carbons (Fsp3) is 0.500. The predicted octanol–water partition coefficient (Wildman–Crippen LogP) is 2.71. The van der Waals surface area contributed by atoms with Crippen LogP contribution in [0.4, 0.5) is 0 Å². The van der Waals surface area contributed by atoms with Crippen LogP contribution >= 0.6 is 0 Å². The van der Waals surface area contributed by atoms with Gasteiger partial charge in [-0.05, 0) is 42.7 Å². The highest BCUT2D eigenvalue weighted by Gasteiger charge is 2.41. The summed E-state index contributed by atoms with van der Waals surface area (Å²) in [6.45, 7) is 1.87. The van der Waals surface area contributed by atoms with Crippen LogP contribution in [0, 0.1) is 16.7 Å². The van der Waals surface area contributed by atoms with Crippen molar-refractivity contribution in [3.8, 4) is 6.07 Å². The fourth-order valence-electron chi connectivity index (χ4n) is 4.11. The fourth-order valence-corrected chi connectivity index (χ4v) is 4.11. The number of nitrogens with zero attached hydrogens (tertiary/aromatic N) is 3. The van der Waals surface area contributed by atoms with Gasteiger partial charge in [0.2, 0.25) is 0 Å². The maximum Gasteiger partial charge on any atom is 0.180 e. The molecule has 0 atom stereocenters. The minimum Gasteiger partial charge on any atom is -0.369 e. The van der Waals surface area contributed by atoms with Crippen LogP contribution in [0.3, 0.4) is 0 Å². The molecule has 1 saturated carbocycles. The van der Waals surface area contributed by atoms with Crippen LogP contribution in [-0.4, -0.2) is 28.8 Å². The van der Waals surface area contributed by atoms with Crippen LogP contribution < -0.4 is 0 Å². The summed E-state index contributed by atoms with van der Waals surface area (Å²) in [4.78, 5) is 19.0. The minimum atomic E-state index is -0.0677. The molecule has 1 aromatic rings. The lowest BCUT2D eigenvalue weighted by molar-refractivity contribution is -0.114. The summed E-state index contributed by atoms with van der Waals surface area (Å²) in [6, 6.07) is 5.95. The Labute approximate surface area is 130 Å². The van der Waals surface area contributed by atoms with Gasteiger partial charge in [0, 0.05) is 25.7 Å². The van der Waals surface area contributed by atoms with Crippen LogP contribution in [-0.2, 0) is 11.2 Å². The van der Waals surface area contributed by atoms with Crippen molar-refractivity contribution in [2.24, 2.45) is 5.41 Å². The summed E-state index contributed by atoms with van der Waals surface area (Å²) in [7, 11) is 0. The Bertz CT molecular complexity index is 699. The maximum absolute atomic E-state index is 12.3. The Balaban J connectivity index is 1.71. The van der Waals surface area contributed by atoms with E-state index in [9.17, 15) is 10.1 Å². The number of carbonyl (C=O) groups is 1. The van der Waals surface area contributed by atoms with Crippen LogP contribution in [0.25, 0.3) is 5.70 Å². The van der Waals surface area contributed by atoms with Crippen LogP contribution in [0.2, 0.25) is 0 Å². The Morgan fingerprint density at radius 2 is 2.00 bits per heavy atom. The number of allylic oxidation sites excluding steroid dienone is 1. The van der Waals surface area contributed by atoms with E-state index in [0.717, 1.165) is 30.0 Å². The molecule has 0 aromatic carbocycles. The maximum atomic E-state index is 12.3. The number of fused-ring (bicyclic) bond motifs is 1. The van der Waals surface area contributed by atoms with Crippen LogP contribution in [0.15, 0.2) is 23.9 Å². The van der Waals surface area contributed by atoms with Crippen molar-refractivity contribution in [3.63, 3.8) is 0 Å². The zero-order valence-electron chi connectivity index (χ0n) is 12.6. The summed E-state index contributed by atoms with van der Waals surface area (Å²) in [5.41, 5.74) is 3.42. The summed E-state index contributed by atoms with van der Waals surface area (Å²) in [5, 5.41) is 9.46. The van der Waals surface area contributed by atoms with Gasteiger partial charge in [-0.25, -0.2) is 0 Å². The average Bonchev–Trinajstić information content (AvgIpc) is 2.52. The Morgan fingerprint density at radius 1 is 1.23 bits per heavy atom. The van der Waals surface area contributed by atoms with Crippen molar-refractivity contribution in [2.75, 3.05) is 13.1 Å². The molecule has 2 fully saturated rings. The second-order valence-corrected chi connectivity index (χ2v) is 6.79. The lowest BCUT2D eigenvalue weighted by Gasteiger charge is -2.49. The topological polar surface area (TPSA) is 57.0 Å². The Hall–Kier alpha value is -2.15. The third-order valence-corrected chi connectivity index (χ3v) is 5.65. The first-order valence-corrected chi connectivity index (χ1v) is 8.09. The second kappa shape index (κ2) is 4.95. The van der Waals surface area contributed by atoms with Gasteiger partial charge in [0.05, 0.1) is 11.4 Å². The molecule has 2 aliphatic carbocycles. The smallest absolute Gasteiger partial charge is 0.180 e. The van der Waals surface area contributed by atoms with Gasteiger partial charge in [-0.3, -0.25) is 9.78 Å². The zero-order chi connectivity index (χ0) is 15.2. The van der Waals surface area contributed by atoms with Crippen LogP contribution in [0.5, 0.6) is 0 Å². The van der Waals surface area contributed by atoms with Gasteiger partial charge in [-0.2, -0.15) is 5.26 Å². The molecule has 0 N–H and O–H groups in total. The number of ketones is 1. The van der Waals surface area contributed by atoms with Gasteiger partial charge in [-0.15, -0.1) is 0 Å².